The Labute approximate surface area is 87.3 Å². The summed E-state index contributed by atoms with van der Waals surface area (Å²) in [5.74, 6) is -0.143. The van der Waals surface area contributed by atoms with Crippen molar-refractivity contribution in [1.29, 1.82) is 0 Å². The topological polar surface area (TPSA) is 37.4 Å². The summed E-state index contributed by atoms with van der Waals surface area (Å²) in [5, 5.41) is 0. The Balaban J connectivity index is 2.88. The van der Waals surface area contributed by atoms with Crippen LogP contribution in [0.3, 0.4) is 0 Å². The van der Waals surface area contributed by atoms with Gasteiger partial charge in [0.25, 0.3) is 0 Å². The zero-order chi connectivity index (χ0) is 10.6. The molecule has 74 valence electrons. The zero-order valence-corrected chi connectivity index (χ0v) is 8.49. The van der Waals surface area contributed by atoms with E-state index in [0.29, 0.717) is 12.0 Å². The molecule has 0 aromatic heterocycles. The van der Waals surface area contributed by atoms with Crippen molar-refractivity contribution in [3.05, 3.63) is 29.8 Å². The largest absolute Gasteiger partial charge is 0.318 e. The van der Waals surface area contributed by atoms with Gasteiger partial charge in [-0.05, 0) is 24.3 Å². The molecular weight excluding hydrogens is 202 g/mol. The van der Waals surface area contributed by atoms with Crippen LogP contribution in [0.4, 0.5) is 5.69 Å². The molecule has 3 nitrogen and oxygen atoms in total. The Morgan fingerprint density at radius 2 is 2.00 bits per heavy atom. The van der Waals surface area contributed by atoms with Crippen LogP contribution < -0.4 is 4.90 Å². The smallest absolute Gasteiger partial charge is 0.213 e. The molecule has 0 N–H and O–H groups in total. The molecule has 0 spiro atoms. The molecule has 0 aliphatic carbocycles. The predicted octanol–water partition coefficient (Wildman–Crippen LogP) is 1.70. The maximum absolute atomic E-state index is 11.1. The summed E-state index contributed by atoms with van der Waals surface area (Å²) >= 11 is 5.40. The third kappa shape index (κ3) is 2.33. The van der Waals surface area contributed by atoms with E-state index in [0.717, 1.165) is 5.69 Å². The van der Waals surface area contributed by atoms with Crippen molar-refractivity contribution < 1.29 is 9.59 Å². The van der Waals surface area contributed by atoms with Crippen LogP contribution in [-0.2, 0) is 4.79 Å². The van der Waals surface area contributed by atoms with Crippen molar-refractivity contribution in [2.24, 2.45) is 0 Å². The van der Waals surface area contributed by atoms with Gasteiger partial charge in [0, 0.05) is 18.3 Å². The summed E-state index contributed by atoms with van der Waals surface area (Å²) in [6, 6.07) is 6.71. The summed E-state index contributed by atoms with van der Waals surface area (Å²) in [6.07, 6.45) is 0.707. The lowest BCUT2D eigenvalue weighted by Gasteiger charge is -2.10. The number of amides is 1. The number of anilines is 1. The number of Topliss-reactive ketones (excluding diaryl/α,β-unsaturated/α-hetero) is 1. The fraction of sp³-hybridized carbons (Fsp3) is 0.200. The minimum atomic E-state index is -0.119. The van der Waals surface area contributed by atoms with E-state index in [4.69, 9.17) is 11.6 Å². The van der Waals surface area contributed by atoms with Crippen molar-refractivity contribution in [2.45, 2.75) is 0 Å². The van der Waals surface area contributed by atoms with E-state index in [-0.39, 0.29) is 11.7 Å². The van der Waals surface area contributed by atoms with Crippen LogP contribution in [0.25, 0.3) is 0 Å². The van der Waals surface area contributed by atoms with E-state index in [1.165, 1.54) is 4.90 Å². The van der Waals surface area contributed by atoms with Gasteiger partial charge in [0.1, 0.15) is 0 Å². The fourth-order valence-corrected chi connectivity index (χ4v) is 1.17. The Hall–Kier alpha value is -1.35. The highest BCUT2D eigenvalue weighted by atomic mass is 35.5. The molecule has 14 heavy (non-hydrogen) atoms. The van der Waals surface area contributed by atoms with Gasteiger partial charge in [0.05, 0.1) is 5.88 Å². The summed E-state index contributed by atoms with van der Waals surface area (Å²) in [5.41, 5.74) is 1.30. The molecule has 0 aliphatic heterocycles. The number of nitrogens with zero attached hydrogens (tertiary/aromatic N) is 1. The van der Waals surface area contributed by atoms with Gasteiger partial charge >= 0.3 is 0 Å². The molecule has 0 fully saturated rings. The van der Waals surface area contributed by atoms with Gasteiger partial charge in [0.2, 0.25) is 6.41 Å². The number of carbonyl (C=O) groups excluding carboxylic acids is 2. The van der Waals surface area contributed by atoms with Crippen molar-refractivity contribution in [2.75, 3.05) is 17.8 Å². The molecule has 1 aromatic carbocycles. The van der Waals surface area contributed by atoms with Gasteiger partial charge < -0.3 is 4.90 Å². The van der Waals surface area contributed by atoms with Gasteiger partial charge in [-0.2, -0.15) is 0 Å². The number of carbonyl (C=O) groups is 2. The molecule has 1 amide bonds. The third-order valence-corrected chi connectivity index (χ3v) is 2.12. The first-order valence-corrected chi connectivity index (χ1v) is 4.60. The molecule has 0 saturated carbocycles. The van der Waals surface area contributed by atoms with Crippen molar-refractivity contribution in [3.8, 4) is 0 Å². The third-order valence-electron chi connectivity index (χ3n) is 1.88. The number of benzene rings is 1. The number of hydrogen-bond acceptors (Lipinski definition) is 2. The Bertz CT molecular complexity index is 334. The average molecular weight is 212 g/mol. The first kappa shape index (κ1) is 10.7. The quantitative estimate of drug-likeness (QED) is 0.432. The monoisotopic (exact) mass is 211 g/mol. The summed E-state index contributed by atoms with van der Waals surface area (Å²) in [4.78, 5) is 23.0. The maximum Gasteiger partial charge on any atom is 0.213 e. The molecule has 0 bridgehead atoms. The van der Waals surface area contributed by atoms with Gasteiger partial charge in [-0.1, -0.05) is 0 Å². The van der Waals surface area contributed by atoms with E-state index in [9.17, 15) is 9.59 Å². The lowest BCUT2D eigenvalue weighted by atomic mass is 10.1. The van der Waals surface area contributed by atoms with Crippen LogP contribution in [-0.4, -0.2) is 25.1 Å². The van der Waals surface area contributed by atoms with E-state index in [1.54, 1.807) is 31.3 Å². The predicted molar refractivity (Wildman–Crippen MR) is 56.0 cm³/mol. The van der Waals surface area contributed by atoms with Crippen molar-refractivity contribution >= 4 is 29.5 Å². The van der Waals surface area contributed by atoms with E-state index >= 15 is 0 Å². The second-order valence-corrected chi connectivity index (χ2v) is 3.09. The molecule has 1 rings (SSSR count). The Kier molecular flexibility index (Phi) is 3.65. The minimum absolute atomic E-state index is 0.0249. The maximum atomic E-state index is 11.1. The van der Waals surface area contributed by atoms with Gasteiger partial charge in [-0.15, -0.1) is 11.6 Å². The number of rotatable bonds is 4. The lowest BCUT2D eigenvalue weighted by molar-refractivity contribution is -0.107. The van der Waals surface area contributed by atoms with Gasteiger partial charge in [0.15, 0.2) is 5.78 Å². The first-order chi connectivity index (χ1) is 6.69. The molecule has 0 heterocycles. The molecule has 0 unspecified atom stereocenters. The second-order valence-electron chi connectivity index (χ2n) is 2.82. The van der Waals surface area contributed by atoms with Crippen LogP contribution in [0.1, 0.15) is 10.4 Å². The highest BCUT2D eigenvalue weighted by Gasteiger charge is 2.04. The van der Waals surface area contributed by atoms with Crippen LogP contribution in [0.15, 0.2) is 24.3 Å². The van der Waals surface area contributed by atoms with Gasteiger partial charge in [-0.25, -0.2) is 0 Å². The van der Waals surface area contributed by atoms with Crippen LogP contribution in [0.5, 0.6) is 0 Å². The number of hydrogen-bond donors (Lipinski definition) is 0. The molecule has 0 aliphatic rings. The highest BCUT2D eigenvalue weighted by Crippen LogP contribution is 2.12. The van der Waals surface area contributed by atoms with Crippen LogP contribution in [0, 0.1) is 0 Å². The fourth-order valence-electron chi connectivity index (χ4n) is 1.02. The van der Waals surface area contributed by atoms with Crippen molar-refractivity contribution in [3.63, 3.8) is 0 Å². The van der Waals surface area contributed by atoms with Crippen LogP contribution >= 0.6 is 11.6 Å². The minimum Gasteiger partial charge on any atom is -0.318 e. The molecular formula is C10H10ClNO2. The molecule has 4 heteroatoms. The molecule has 0 atom stereocenters. The van der Waals surface area contributed by atoms with E-state index < -0.39 is 0 Å². The molecule has 0 radical (unpaired) electrons. The summed E-state index contributed by atoms with van der Waals surface area (Å²) in [6.45, 7) is 0. The summed E-state index contributed by atoms with van der Waals surface area (Å²) in [7, 11) is 1.64. The lowest BCUT2D eigenvalue weighted by Crippen LogP contribution is -2.13. The van der Waals surface area contributed by atoms with Crippen LogP contribution in [0.2, 0.25) is 0 Å². The van der Waals surface area contributed by atoms with E-state index in [1.807, 2.05) is 0 Å². The van der Waals surface area contributed by atoms with Crippen molar-refractivity contribution in [1.82, 2.24) is 0 Å². The highest BCUT2D eigenvalue weighted by molar-refractivity contribution is 6.30. The summed E-state index contributed by atoms with van der Waals surface area (Å²) < 4.78 is 0. The number of ketones is 1. The van der Waals surface area contributed by atoms with Gasteiger partial charge in [-0.3, -0.25) is 9.59 Å². The molecule has 0 saturated heterocycles. The first-order valence-electron chi connectivity index (χ1n) is 4.06. The molecule has 1 aromatic rings. The Morgan fingerprint density at radius 1 is 1.43 bits per heavy atom. The number of halogens is 1. The SMILES string of the molecule is CN(C=O)c1ccc(C(=O)CCl)cc1. The average Bonchev–Trinajstić information content (AvgIpc) is 2.27. The second kappa shape index (κ2) is 4.77. The standard InChI is InChI=1S/C10H10ClNO2/c1-12(7-13)9-4-2-8(3-5-9)10(14)6-11/h2-5,7H,6H2,1H3. The number of alkyl halides is 1. The normalized spacial score (nSPS) is 9.57. The Morgan fingerprint density at radius 3 is 2.43 bits per heavy atom. The zero-order valence-electron chi connectivity index (χ0n) is 7.74. The van der Waals surface area contributed by atoms with E-state index in [2.05, 4.69) is 0 Å².